The first-order valence-corrected chi connectivity index (χ1v) is 36.3. The van der Waals surface area contributed by atoms with Gasteiger partial charge in [0.2, 0.25) is 5.91 Å². The minimum atomic E-state index is -2.97. The van der Waals surface area contributed by atoms with Crippen LogP contribution < -0.4 is 4.90 Å². The minimum absolute atomic E-state index is 0. The standard InChI is InChI=1S/C18H13NO3.C16H16F2O2.C13H14.C10H14F2.C10H15FO.C10H14O3.C9H13F.CO2.CH4/c20-17(11-18(21)22)19-12-15-7-2-1-5-13(15)9-10-14-6-3-4-8-16(14)19;17-16(18)10-4-2-1-3-5-14(16)11-12-6-8-13(9-7-12)15(19)20;1-11-8-9-12-6-4-2-3-5-7-13(12)10-11;1-2-9-7-5-3-4-6-8-10(9,11)12;1-10(11)7-4-3-5-9(12-2)6-8-10;11-10(12)8-13-9-6-4-2-1-3-5-7-9;1-9(10)7-5-3-2-4-6-8-9;2-1-3;/h1-8H,11-12H2,(H,21,22);6-9,14H,1-3,5,11H2,(H,19,20);8-10H,4-7H2,1H3;9H,2-5,7H2,1H3;9H,3,5-6,8H2,1-2H3;9H,1-4,6,8H2,(H,11,12);2-5,7H2,1H3;;1H4. The highest BCUT2D eigenvalue weighted by Crippen LogP contribution is 2.35. The van der Waals surface area contributed by atoms with Crippen molar-refractivity contribution in [3.8, 4) is 82.9 Å². The van der Waals surface area contributed by atoms with Crippen LogP contribution in [-0.2, 0) is 59.3 Å². The predicted molar refractivity (Wildman–Crippen MR) is 402 cm³/mol. The van der Waals surface area contributed by atoms with E-state index in [1.807, 2.05) is 49.4 Å². The van der Waals surface area contributed by atoms with Gasteiger partial charge in [-0.25, -0.2) is 18.4 Å². The molecule has 7 aliphatic rings. The first-order valence-electron chi connectivity index (χ1n) is 36.3. The number of carbonyl (C=O) groups is 4. The molecule has 1 aliphatic heterocycles. The number of carboxylic acids is 3. The normalized spacial score (nSPS) is 21.6. The lowest BCUT2D eigenvalue weighted by Crippen LogP contribution is -2.33. The van der Waals surface area contributed by atoms with Crippen molar-refractivity contribution in [1.29, 1.82) is 0 Å². The zero-order valence-corrected chi connectivity index (χ0v) is 61.2. The van der Waals surface area contributed by atoms with E-state index in [0.29, 0.717) is 57.2 Å². The van der Waals surface area contributed by atoms with E-state index in [-0.39, 0.29) is 44.4 Å². The monoisotopic (exact) mass is 1460 g/mol. The molecule has 6 aliphatic carbocycles. The molecule has 0 aromatic heterocycles. The Balaban J connectivity index is 0.000000324. The summed E-state index contributed by atoms with van der Waals surface area (Å²) < 4.78 is 91.0. The summed E-state index contributed by atoms with van der Waals surface area (Å²) in [4.78, 5) is 62.0. The van der Waals surface area contributed by atoms with E-state index in [4.69, 9.17) is 34.4 Å². The topological polar surface area (TPSA) is 185 Å². The summed E-state index contributed by atoms with van der Waals surface area (Å²) in [5.41, 5.74) is 5.87. The maximum Gasteiger partial charge on any atom is 0.373 e. The highest BCUT2D eigenvalue weighted by Gasteiger charge is 2.38. The third-order valence-corrected chi connectivity index (χ3v) is 17.9. The molecular weight excluding hydrogens is 1360 g/mol. The zero-order chi connectivity index (χ0) is 76.9. The summed E-state index contributed by atoms with van der Waals surface area (Å²) in [5, 5.41) is 26.1. The minimum Gasteiger partial charge on any atom is -0.481 e. The summed E-state index contributed by atoms with van der Waals surface area (Å²) >= 11 is 0. The number of methoxy groups -OCH3 is 1. The maximum atomic E-state index is 13.9. The van der Waals surface area contributed by atoms with Crippen molar-refractivity contribution in [3.63, 3.8) is 0 Å². The highest BCUT2D eigenvalue weighted by atomic mass is 19.3. The molecule has 6 unspecified atom stereocenters. The average molecular weight is 1460 g/mol. The largest absolute Gasteiger partial charge is 0.481 e. The number of hydrogen-bond acceptors (Lipinski definition) is 8. The van der Waals surface area contributed by atoms with Gasteiger partial charge < -0.3 is 29.7 Å². The van der Waals surface area contributed by atoms with Gasteiger partial charge in [0.15, 0.2) is 11.3 Å². The van der Waals surface area contributed by atoms with Gasteiger partial charge in [0.1, 0.15) is 19.1 Å². The maximum absolute atomic E-state index is 13.9. The zero-order valence-electron chi connectivity index (χ0n) is 61.2. The second-order valence-corrected chi connectivity index (χ2v) is 26.6. The first-order chi connectivity index (χ1) is 50.2. The lowest BCUT2D eigenvalue weighted by atomic mass is 9.87. The highest BCUT2D eigenvalue weighted by molar-refractivity contribution is 6.03. The number of benzene rings is 4. The second kappa shape index (κ2) is 49.4. The Labute approximate surface area is 624 Å². The molecule has 4 aromatic carbocycles. The van der Waals surface area contributed by atoms with Crippen molar-refractivity contribution in [2.45, 2.75) is 263 Å². The fraction of sp³-hybridized carbons (Fsp3) is 0.511. The number of anilines is 1. The first kappa shape index (κ1) is 90.8. The summed E-state index contributed by atoms with van der Waals surface area (Å²) in [6, 6.07) is 27.7. The van der Waals surface area contributed by atoms with Gasteiger partial charge in [0.25, 0.3) is 0 Å². The fourth-order valence-corrected chi connectivity index (χ4v) is 11.9. The number of aromatic carboxylic acids is 1. The number of hydrogen-bond donors (Lipinski definition) is 3. The molecule has 106 heavy (non-hydrogen) atoms. The Morgan fingerprint density at radius 1 is 0.557 bits per heavy atom. The summed E-state index contributed by atoms with van der Waals surface area (Å²) in [7, 11) is 1.68. The van der Waals surface area contributed by atoms with Crippen LogP contribution in [0.1, 0.15) is 244 Å². The number of ether oxygens (including phenoxy) is 2. The Bertz CT molecular complexity index is 3940. The molecule has 0 radical (unpaired) electrons. The van der Waals surface area contributed by atoms with Gasteiger partial charge in [-0.05, 0) is 194 Å². The molecule has 18 heteroatoms. The van der Waals surface area contributed by atoms with Crippen LogP contribution in [-0.4, -0.2) is 94.4 Å². The number of carboxylic acid groups (broad SMARTS) is 3. The van der Waals surface area contributed by atoms with Crippen molar-refractivity contribution in [1.82, 2.24) is 0 Å². The summed E-state index contributed by atoms with van der Waals surface area (Å²) in [6.07, 6.45) is 23.4. The van der Waals surface area contributed by atoms with Crippen LogP contribution in [0.15, 0.2) is 91.0 Å². The molecule has 1 amide bonds. The number of nitrogens with zero attached hydrogens (tertiary/aromatic N) is 1. The number of aliphatic carboxylic acids is 2. The number of alkyl halides is 6. The molecule has 0 saturated heterocycles. The lowest BCUT2D eigenvalue weighted by molar-refractivity contribution is -0.191. The van der Waals surface area contributed by atoms with Gasteiger partial charge in [-0.2, -0.15) is 27.2 Å². The van der Waals surface area contributed by atoms with Crippen molar-refractivity contribution >= 4 is 35.7 Å². The molecule has 11 rings (SSSR count). The van der Waals surface area contributed by atoms with E-state index in [2.05, 4.69) is 108 Å². The Morgan fingerprint density at radius 2 is 1.09 bits per heavy atom. The van der Waals surface area contributed by atoms with E-state index in [9.17, 15) is 45.5 Å². The van der Waals surface area contributed by atoms with E-state index >= 15 is 0 Å². The third kappa shape index (κ3) is 36.5. The van der Waals surface area contributed by atoms with Crippen molar-refractivity contribution in [3.05, 3.63) is 136 Å². The van der Waals surface area contributed by atoms with Gasteiger partial charge >= 0.3 is 35.9 Å². The van der Waals surface area contributed by atoms with Crippen molar-refractivity contribution < 1.29 is 79.9 Å². The number of amides is 1. The molecule has 6 atom stereocenters. The summed E-state index contributed by atoms with van der Waals surface area (Å²) in [5.74, 6) is 28.2. The molecule has 0 saturated carbocycles. The third-order valence-electron chi connectivity index (χ3n) is 17.9. The van der Waals surface area contributed by atoms with Crippen LogP contribution in [0.4, 0.5) is 32.0 Å². The molecule has 12 nitrogen and oxygen atoms in total. The fourth-order valence-electron chi connectivity index (χ4n) is 11.9. The lowest BCUT2D eigenvalue weighted by Gasteiger charge is -2.25. The van der Waals surface area contributed by atoms with Gasteiger partial charge in [0.05, 0.1) is 23.9 Å². The Kier molecular flexibility index (Phi) is 42.3. The van der Waals surface area contributed by atoms with E-state index in [1.165, 1.54) is 47.1 Å². The van der Waals surface area contributed by atoms with Crippen molar-refractivity contribution in [2.24, 2.45) is 11.8 Å². The SMILES string of the molecule is C.CC1(F)C#CCCCCC1.CCC1CCCCC#CC1(F)F.COC1CCC#CC(C)(F)CC1.Cc1ccc2c(c1)CCC#CCC2.O=C(O)CC(=O)N1Cc2ccccc2C#Cc2ccccc21.O=C(O)COC1C#CCCCCC1.O=C(O)c1ccc(CC2CCCCC#CC2(F)F)cc1.O=C=O. The van der Waals surface area contributed by atoms with Crippen LogP contribution in [0.2, 0.25) is 0 Å². The molecule has 3 N–H and O–H groups in total. The average Bonchev–Trinajstić information content (AvgIpc) is 0.804. The molecule has 0 bridgehead atoms. The number of carbonyl (C=O) groups excluding carboxylic acids is 3. The van der Waals surface area contributed by atoms with Crippen molar-refractivity contribution in [2.75, 3.05) is 18.6 Å². The molecule has 0 fully saturated rings. The molecule has 1 heterocycles. The molecule has 4 aromatic rings. The van der Waals surface area contributed by atoms with E-state index in [0.717, 1.165) is 144 Å². The Hall–Kier alpha value is -9.44. The molecular formula is C88H103F6NO11. The predicted octanol–water partition coefficient (Wildman–Crippen LogP) is 18.7. The number of halogens is 6. The van der Waals surface area contributed by atoms with Crippen LogP contribution in [0.3, 0.4) is 0 Å². The smallest absolute Gasteiger partial charge is 0.373 e. The van der Waals surface area contributed by atoms with Crippen LogP contribution >= 0.6 is 0 Å². The van der Waals surface area contributed by atoms with Crippen LogP contribution in [0.5, 0.6) is 0 Å². The molecule has 568 valence electrons. The van der Waals surface area contributed by atoms with Crippen LogP contribution in [0, 0.1) is 102 Å². The van der Waals surface area contributed by atoms with Gasteiger partial charge in [-0.3, -0.25) is 9.59 Å². The van der Waals surface area contributed by atoms with E-state index < -0.39 is 65.3 Å². The van der Waals surface area contributed by atoms with E-state index in [1.54, 1.807) is 32.2 Å². The van der Waals surface area contributed by atoms with Gasteiger partial charge in [-0.1, -0.05) is 160 Å². The second-order valence-electron chi connectivity index (χ2n) is 26.6. The number of aryl methyl sites for hydroxylation is 3. The quantitative estimate of drug-likeness (QED) is 0.0780. The number of rotatable bonds is 10. The number of fused-ring (bicyclic) bond motifs is 3. The number of para-hydroxylation sites is 1. The Morgan fingerprint density at radius 3 is 1.72 bits per heavy atom. The van der Waals surface area contributed by atoms with Gasteiger partial charge in [0, 0.05) is 75.0 Å². The van der Waals surface area contributed by atoms with Gasteiger partial charge in [-0.15, -0.1) is 17.8 Å². The summed E-state index contributed by atoms with van der Waals surface area (Å²) in [6.45, 7) is 7.16. The molecule has 0 spiro atoms. The van der Waals surface area contributed by atoms with Crippen LogP contribution in [0.25, 0.3) is 0 Å².